The number of esters is 1. The van der Waals surface area contributed by atoms with Gasteiger partial charge in [-0.1, -0.05) is 30.3 Å². The van der Waals surface area contributed by atoms with Crippen LogP contribution in [0.4, 0.5) is 4.79 Å². The van der Waals surface area contributed by atoms with Gasteiger partial charge in [0, 0.05) is 25.7 Å². The van der Waals surface area contributed by atoms with E-state index in [2.05, 4.69) is 10.6 Å². The lowest BCUT2D eigenvalue weighted by Gasteiger charge is -2.12. The topological polar surface area (TPSA) is 105 Å². The maximum absolute atomic E-state index is 11.7. The lowest BCUT2D eigenvalue weighted by atomic mass is 10.2. The van der Waals surface area contributed by atoms with Crippen LogP contribution in [0.25, 0.3) is 6.08 Å². The van der Waals surface area contributed by atoms with Crippen LogP contribution in [-0.4, -0.2) is 55.0 Å². The molecule has 0 atom stereocenters. The van der Waals surface area contributed by atoms with E-state index in [1.807, 2.05) is 30.3 Å². The Labute approximate surface area is 144 Å². The molecule has 1 aliphatic heterocycles. The number of hydrogen-bond donors (Lipinski definition) is 2. The summed E-state index contributed by atoms with van der Waals surface area (Å²) in [6, 6.07) is 8.83. The molecule has 1 aromatic rings. The Balaban J connectivity index is 1.61. The number of carbonyl (C=O) groups excluding carboxylic acids is 4. The van der Waals surface area contributed by atoms with Gasteiger partial charge in [0.05, 0.1) is 6.42 Å². The molecule has 1 fully saturated rings. The van der Waals surface area contributed by atoms with Gasteiger partial charge in [0.2, 0.25) is 5.91 Å². The fraction of sp³-hybridized carbons (Fsp3) is 0.294. The highest BCUT2D eigenvalue weighted by Gasteiger charge is 2.26. The molecule has 4 amide bonds. The summed E-state index contributed by atoms with van der Waals surface area (Å²) in [5.74, 6) is -1.53. The van der Waals surface area contributed by atoms with Gasteiger partial charge in [0.25, 0.3) is 5.91 Å². The van der Waals surface area contributed by atoms with Crippen LogP contribution in [0.1, 0.15) is 12.0 Å². The lowest BCUT2D eigenvalue weighted by Crippen LogP contribution is -2.37. The van der Waals surface area contributed by atoms with E-state index in [1.165, 1.54) is 6.08 Å². The molecule has 2 rings (SSSR count). The molecule has 1 saturated heterocycles. The van der Waals surface area contributed by atoms with Crippen molar-refractivity contribution in [3.05, 3.63) is 42.0 Å². The van der Waals surface area contributed by atoms with Crippen LogP contribution in [-0.2, 0) is 19.1 Å². The standard InChI is InChI=1S/C17H19N3O5/c21-14(7-6-13-4-2-1-3-5-13)18-9-8-16(23)25-12-15(22)20-11-10-19-17(20)24/h1-7H,8-12H2,(H,18,21)(H,19,24)/b7-6+. The van der Waals surface area contributed by atoms with Crippen molar-refractivity contribution in [3.8, 4) is 0 Å². The van der Waals surface area contributed by atoms with Gasteiger partial charge in [-0.15, -0.1) is 0 Å². The predicted octanol–water partition coefficient (Wildman–Crippen LogP) is 0.301. The zero-order chi connectivity index (χ0) is 18.1. The summed E-state index contributed by atoms with van der Waals surface area (Å²) < 4.78 is 4.80. The molecule has 0 unspecified atom stereocenters. The first-order valence-electron chi connectivity index (χ1n) is 7.81. The number of benzene rings is 1. The number of ether oxygens (including phenoxy) is 1. The Morgan fingerprint density at radius 3 is 2.68 bits per heavy atom. The number of hydrogen-bond acceptors (Lipinski definition) is 5. The number of rotatable bonds is 7. The number of nitrogens with one attached hydrogen (secondary N) is 2. The minimum atomic E-state index is -0.625. The molecule has 0 saturated carbocycles. The van der Waals surface area contributed by atoms with Crippen LogP contribution in [0.3, 0.4) is 0 Å². The van der Waals surface area contributed by atoms with Crippen LogP contribution >= 0.6 is 0 Å². The van der Waals surface area contributed by atoms with Gasteiger partial charge in [-0.05, 0) is 11.6 Å². The Hall–Kier alpha value is -3.16. The highest BCUT2D eigenvalue weighted by atomic mass is 16.5. The van der Waals surface area contributed by atoms with Crippen molar-refractivity contribution in [1.82, 2.24) is 15.5 Å². The molecule has 0 bridgehead atoms. The second-order valence-corrected chi connectivity index (χ2v) is 5.22. The summed E-state index contributed by atoms with van der Waals surface area (Å²) in [5.41, 5.74) is 0.890. The van der Waals surface area contributed by atoms with E-state index < -0.39 is 24.5 Å². The van der Waals surface area contributed by atoms with Gasteiger partial charge in [-0.3, -0.25) is 19.3 Å². The number of carbonyl (C=O) groups is 4. The third kappa shape index (κ3) is 6.09. The lowest BCUT2D eigenvalue weighted by molar-refractivity contribution is -0.150. The van der Waals surface area contributed by atoms with Gasteiger partial charge in [0.15, 0.2) is 6.61 Å². The van der Waals surface area contributed by atoms with Crippen molar-refractivity contribution in [3.63, 3.8) is 0 Å². The van der Waals surface area contributed by atoms with E-state index in [0.717, 1.165) is 10.5 Å². The second kappa shape index (κ2) is 9.21. The zero-order valence-electron chi connectivity index (χ0n) is 13.6. The molecule has 8 heteroatoms. The van der Waals surface area contributed by atoms with Gasteiger partial charge < -0.3 is 15.4 Å². The maximum atomic E-state index is 11.7. The van der Waals surface area contributed by atoms with Gasteiger partial charge in [-0.2, -0.15) is 0 Å². The van der Waals surface area contributed by atoms with E-state index in [9.17, 15) is 19.2 Å². The molecule has 0 spiro atoms. The minimum Gasteiger partial charge on any atom is -0.455 e. The largest absolute Gasteiger partial charge is 0.455 e. The molecule has 25 heavy (non-hydrogen) atoms. The fourth-order valence-corrected chi connectivity index (χ4v) is 2.08. The molecule has 1 heterocycles. The highest BCUT2D eigenvalue weighted by molar-refractivity contribution is 5.97. The van der Waals surface area contributed by atoms with Crippen molar-refractivity contribution < 1.29 is 23.9 Å². The average Bonchev–Trinajstić information content (AvgIpc) is 3.05. The Morgan fingerprint density at radius 1 is 1.24 bits per heavy atom. The van der Waals surface area contributed by atoms with E-state index in [4.69, 9.17) is 4.74 Å². The van der Waals surface area contributed by atoms with Crippen molar-refractivity contribution in [2.45, 2.75) is 6.42 Å². The fourth-order valence-electron chi connectivity index (χ4n) is 2.08. The first kappa shape index (κ1) is 18.2. The minimum absolute atomic E-state index is 0.0651. The third-order valence-corrected chi connectivity index (χ3v) is 3.37. The summed E-state index contributed by atoms with van der Waals surface area (Å²) in [7, 11) is 0. The van der Waals surface area contributed by atoms with Crippen LogP contribution in [0.2, 0.25) is 0 Å². The normalized spacial score (nSPS) is 13.6. The molecule has 132 valence electrons. The van der Waals surface area contributed by atoms with Crippen molar-refractivity contribution in [2.24, 2.45) is 0 Å². The molecule has 0 aliphatic carbocycles. The summed E-state index contributed by atoms with van der Waals surface area (Å²) in [6.45, 7) is 0.253. The first-order chi connectivity index (χ1) is 12.1. The predicted molar refractivity (Wildman–Crippen MR) is 89.2 cm³/mol. The van der Waals surface area contributed by atoms with Gasteiger partial charge in [-0.25, -0.2) is 4.79 Å². The summed E-state index contributed by atoms with van der Waals surface area (Å²) >= 11 is 0. The Kier molecular flexibility index (Phi) is 6.70. The second-order valence-electron chi connectivity index (χ2n) is 5.22. The summed E-state index contributed by atoms with van der Waals surface area (Å²) in [6.07, 6.45) is 2.97. The molecule has 1 aliphatic rings. The zero-order valence-corrected chi connectivity index (χ0v) is 13.6. The average molecular weight is 345 g/mol. The Bertz CT molecular complexity index is 672. The monoisotopic (exact) mass is 345 g/mol. The first-order valence-corrected chi connectivity index (χ1v) is 7.81. The van der Waals surface area contributed by atoms with Crippen molar-refractivity contribution in [1.29, 1.82) is 0 Å². The number of urea groups is 1. The summed E-state index contributed by atoms with van der Waals surface area (Å²) in [4.78, 5) is 47.1. The quantitative estimate of drug-likeness (QED) is 0.546. The number of amides is 4. The Morgan fingerprint density at radius 2 is 2.00 bits per heavy atom. The number of imide groups is 1. The van der Waals surface area contributed by atoms with E-state index in [-0.39, 0.29) is 25.4 Å². The van der Waals surface area contributed by atoms with Crippen LogP contribution in [0.5, 0.6) is 0 Å². The van der Waals surface area contributed by atoms with Crippen LogP contribution in [0, 0.1) is 0 Å². The molecule has 2 N–H and O–H groups in total. The van der Waals surface area contributed by atoms with Gasteiger partial charge in [0.1, 0.15) is 0 Å². The molecule has 8 nitrogen and oxygen atoms in total. The summed E-state index contributed by atoms with van der Waals surface area (Å²) in [5, 5.41) is 5.03. The van der Waals surface area contributed by atoms with Crippen molar-refractivity contribution in [2.75, 3.05) is 26.2 Å². The van der Waals surface area contributed by atoms with E-state index in [1.54, 1.807) is 6.08 Å². The van der Waals surface area contributed by atoms with Gasteiger partial charge >= 0.3 is 12.0 Å². The molecule has 1 aromatic carbocycles. The van der Waals surface area contributed by atoms with Crippen LogP contribution < -0.4 is 10.6 Å². The molecule has 0 radical (unpaired) electrons. The van der Waals surface area contributed by atoms with Crippen LogP contribution in [0.15, 0.2) is 36.4 Å². The smallest absolute Gasteiger partial charge is 0.324 e. The SMILES string of the molecule is O=C(/C=C/c1ccccc1)NCCC(=O)OCC(=O)N1CCNC1=O. The van der Waals surface area contributed by atoms with E-state index >= 15 is 0 Å². The van der Waals surface area contributed by atoms with Crippen molar-refractivity contribution >= 4 is 29.9 Å². The highest BCUT2D eigenvalue weighted by Crippen LogP contribution is 2.01. The molecule has 0 aromatic heterocycles. The number of nitrogens with zero attached hydrogens (tertiary/aromatic N) is 1. The third-order valence-electron chi connectivity index (χ3n) is 3.37. The molecular weight excluding hydrogens is 326 g/mol. The van der Waals surface area contributed by atoms with E-state index in [0.29, 0.717) is 6.54 Å². The molecular formula is C17H19N3O5. The maximum Gasteiger partial charge on any atom is 0.324 e.